The molecule has 260 valence electrons. The number of hydrogen-bond acceptors (Lipinski definition) is 5. The van der Waals surface area contributed by atoms with Crippen LogP contribution >= 0.6 is 0 Å². The number of carbonyl (C=O) groups excluding carboxylic acids is 1. The highest BCUT2D eigenvalue weighted by molar-refractivity contribution is 6.07. The van der Waals surface area contributed by atoms with Gasteiger partial charge >= 0.3 is 6.03 Å². The van der Waals surface area contributed by atoms with Crippen molar-refractivity contribution in [3.05, 3.63) is 131 Å². The van der Waals surface area contributed by atoms with E-state index in [1.807, 2.05) is 60.7 Å². The number of aryl methyl sites for hydroxylation is 1. The van der Waals surface area contributed by atoms with Crippen molar-refractivity contribution in [3.8, 4) is 16.9 Å². The maximum atomic E-state index is 14.3. The Bertz CT molecular complexity index is 1960. The quantitative estimate of drug-likeness (QED) is 0.108. The Morgan fingerprint density at radius 3 is 2.30 bits per heavy atom. The summed E-state index contributed by atoms with van der Waals surface area (Å²) in [6.45, 7) is 17.8. The van der Waals surface area contributed by atoms with Gasteiger partial charge < -0.3 is 15.4 Å². The smallest absolute Gasteiger partial charge is 0.323 e. The first-order valence-corrected chi connectivity index (χ1v) is 17.5. The third-order valence-electron chi connectivity index (χ3n) is 8.92. The van der Waals surface area contributed by atoms with Gasteiger partial charge in [0.25, 0.3) is 5.56 Å². The predicted molar refractivity (Wildman–Crippen MR) is 206 cm³/mol. The number of ether oxygens (including phenoxy) is 1. The van der Waals surface area contributed by atoms with Gasteiger partial charge in [-0.2, -0.15) is 0 Å². The number of nitrogens with zero attached hydrogens (tertiary/aromatic N) is 3. The van der Waals surface area contributed by atoms with Crippen LogP contribution in [0.1, 0.15) is 69.6 Å². The second-order valence-corrected chi connectivity index (χ2v) is 13.1. The van der Waals surface area contributed by atoms with E-state index in [1.165, 1.54) is 5.56 Å². The number of nitrogens with one attached hydrogen (secondary N) is 2. The number of amides is 2. The van der Waals surface area contributed by atoms with Crippen LogP contribution in [-0.2, 0) is 13.1 Å². The monoisotopic (exact) mass is 671 g/mol. The highest BCUT2D eigenvalue weighted by Gasteiger charge is 2.23. The molecule has 2 heterocycles. The number of pyridine rings is 2. The van der Waals surface area contributed by atoms with Crippen molar-refractivity contribution in [1.29, 1.82) is 0 Å². The van der Waals surface area contributed by atoms with Gasteiger partial charge in [0.15, 0.2) is 0 Å². The molecule has 0 aliphatic heterocycles. The van der Waals surface area contributed by atoms with Crippen molar-refractivity contribution in [1.82, 2.24) is 14.5 Å². The molecule has 5 aromatic rings. The topological polar surface area (TPSA) is 88.5 Å². The molecule has 2 amide bonds. The Balaban J connectivity index is 1.51. The molecule has 0 spiro atoms. The number of carbonyl (C=O) groups is 1. The van der Waals surface area contributed by atoms with Crippen molar-refractivity contribution in [2.24, 2.45) is 0 Å². The van der Waals surface area contributed by atoms with Crippen molar-refractivity contribution in [2.75, 3.05) is 30.3 Å². The zero-order valence-electron chi connectivity index (χ0n) is 29.9. The third kappa shape index (κ3) is 8.50. The normalized spacial score (nSPS) is 11.4. The summed E-state index contributed by atoms with van der Waals surface area (Å²) in [5, 5.41) is 6.86. The average molecular weight is 672 g/mol. The second-order valence-electron chi connectivity index (χ2n) is 13.1. The Labute approximate surface area is 295 Å². The number of fused-ring (bicyclic) bond motifs is 1. The molecule has 0 atom stereocenters. The number of allylic oxidation sites excluding steroid dienone is 1. The number of rotatable bonds is 15. The minimum absolute atomic E-state index is 0.178. The maximum Gasteiger partial charge on any atom is 0.323 e. The summed E-state index contributed by atoms with van der Waals surface area (Å²) in [6.07, 6.45) is 4.02. The Hall–Kier alpha value is -5.21. The standard InChI is InChI=1S/C42H49N5O3/c1-7-9-24-47-40-36(22-15-23-43-40)37(32-18-13-19-33(27-32)50-26-25-46(8-2)28-31-16-11-10-12-17-31)39(41(47)48)45-42(49)44-38-34(29(3)4)20-14-21-35(38)30(5)6/h7,10-23,27,29-30H,1,8-9,24-26,28H2,2-6H3,(H2,44,45,49). The molecule has 0 radical (unpaired) electrons. The Morgan fingerprint density at radius 1 is 0.920 bits per heavy atom. The molecule has 0 fully saturated rings. The summed E-state index contributed by atoms with van der Waals surface area (Å²) in [5.41, 5.74) is 5.82. The van der Waals surface area contributed by atoms with Gasteiger partial charge in [-0.1, -0.05) is 101 Å². The largest absolute Gasteiger partial charge is 0.492 e. The van der Waals surface area contributed by atoms with Crippen LogP contribution in [0, 0.1) is 0 Å². The first kappa shape index (κ1) is 36.1. The number of anilines is 2. The van der Waals surface area contributed by atoms with Crippen molar-refractivity contribution in [3.63, 3.8) is 0 Å². The summed E-state index contributed by atoms with van der Waals surface area (Å²) >= 11 is 0. The molecule has 5 rings (SSSR count). The van der Waals surface area contributed by atoms with Gasteiger partial charge in [-0.25, -0.2) is 9.78 Å². The Morgan fingerprint density at radius 2 is 1.62 bits per heavy atom. The summed E-state index contributed by atoms with van der Waals surface area (Å²) in [5.74, 6) is 1.05. The minimum atomic E-state index is -0.484. The lowest BCUT2D eigenvalue weighted by Crippen LogP contribution is -2.30. The summed E-state index contributed by atoms with van der Waals surface area (Å²) in [7, 11) is 0. The van der Waals surface area contributed by atoms with Crippen LogP contribution in [-0.4, -0.2) is 40.2 Å². The highest BCUT2D eigenvalue weighted by atomic mass is 16.5. The van der Waals surface area contributed by atoms with E-state index in [0.29, 0.717) is 36.5 Å². The van der Waals surface area contributed by atoms with E-state index in [4.69, 9.17) is 4.74 Å². The summed E-state index contributed by atoms with van der Waals surface area (Å²) in [4.78, 5) is 35.2. The number of aromatic nitrogens is 2. The molecular weight excluding hydrogens is 622 g/mol. The van der Waals surface area contributed by atoms with E-state index in [9.17, 15) is 9.59 Å². The minimum Gasteiger partial charge on any atom is -0.492 e. The molecule has 8 heteroatoms. The zero-order valence-corrected chi connectivity index (χ0v) is 29.9. The van der Waals surface area contributed by atoms with Gasteiger partial charge in [0.05, 0.1) is 0 Å². The van der Waals surface area contributed by atoms with Crippen LogP contribution in [0.25, 0.3) is 22.2 Å². The number of likely N-dealkylation sites (N-methyl/N-ethyl adjacent to an activating group) is 1. The molecule has 0 saturated carbocycles. The van der Waals surface area contributed by atoms with Gasteiger partial charge in [-0.15, -0.1) is 6.58 Å². The second kappa shape index (κ2) is 16.9. The first-order chi connectivity index (χ1) is 24.2. The molecule has 0 aliphatic carbocycles. The third-order valence-corrected chi connectivity index (χ3v) is 8.92. The predicted octanol–water partition coefficient (Wildman–Crippen LogP) is 9.43. The van der Waals surface area contributed by atoms with Crippen LogP contribution in [0.4, 0.5) is 16.2 Å². The van der Waals surface area contributed by atoms with Crippen molar-refractivity contribution < 1.29 is 9.53 Å². The SMILES string of the molecule is C=CCCn1c(=O)c(NC(=O)Nc2c(C(C)C)cccc2C(C)C)c(-c2cccc(OCCN(CC)Cc3ccccc3)c2)c2cccnc21. The zero-order chi connectivity index (χ0) is 35.6. The first-order valence-electron chi connectivity index (χ1n) is 17.5. The Kier molecular flexibility index (Phi) is 12.2. The van der Waals surface area contributed by atoms with E-state index in [-0.39, 0.29) is 23.1 Å². The molecule has 0 aliphatic rings. The lowest BCUT2D eigenvalue weighted by atomic mass is 9.93. The van der Waals surface area contributed by atoms with E-state index >= 15 is 0 Å². The lowest BCUT2D eigenvalue weighted by Gasteiger charge is -2.22. The fraction of sp³-hybridized carbons (Fsp3) is 0.310. The molecule has 0 saturated heterocycles. The molecule has 3 aromatic carbocycles. The molecule has 2 N–H and O–H groups in total. The molecule has 0 bridgehead atoms. The van der Waals surface area contributed by atoms with Gasteiger partial charge in [0.2, 0.25) is 0 Å². The summed E-state index contributed by atoms with van der Waals surface area (Å²) < 4.78 is 7.89. The van der Waals surface area contributed by atoms with E-state index in [2.05, 4.69) is 86.0 Å². The number of benzene rings is 3. The average Bonchev–Trinajstić information content (AvgIpc) is 3.11. The fourth-order valence-corrected chi connectivity index (χ4v) is 6.30. The molecule has 2 aromatic heterocycles. The van der Waals surface area contributed by atoms with Crippen LogP contribution in [0.2, 0.25) is 0 Å². The number of hydrogen-bond donors (Lipinski definition) is 2. The van der Waals surface area contributed by atoms with E-state index in [0.717, 1.165) is 47.4 Å². The van der Waals surface area contributed by atoms with Crippen molar-refractivity contribution in [2.45, 2.75) is 66.0 Å². The van der Waals surface area contributed by atoms with Crippen LogP contribution in [0.15, 0.2) is 109 Å². The van der Waals surface area contributed by atoms with Crippen LogP contribution in [0.3, 0.4) is 0 Å². The number of urea groups is 1. The van der Waals surface area contributed by atoms with Crippen LogP contribution < -0.4 is 20.9 Å². The van der Waals surface area contributed by atoms with E-state index < -0.39 is 6.03 Å². The maximum absolute atomic E-state index is 14.3. The molecular formula is C42H49N5O3. The summed E-state index contributed by atoms with van der Waals surface area (Å²) in [6, 6.07) is 27.5. The molecule has 50 heavy (non-hydrogen) atoms. The van der Waals surface area contributed by atoms with Crippen molar-refractivity contribution >= 4 is 28.4 Å². The van der Waals surface area contributed by atoms with Gasteiger partial charge in [-0.3, -0.25) is 14.3 Å². The number of para-hydroxylation sites is 1. The van der Waals surface area contributed by atoms with Gasteiger partial charge in [0.1, 0.15) is 23.7 Å². The van der Waals surface area contributed by atoms with Gasteiger partial charge in [-0.05, 0) is 71.3 Å². The fourth-order valence-electron chi connectivity index (χ4n) is 6.30. The lowest BCUT2D eigenvalue weighted by molar-refractivity contribution is 0.210. The van der Waals surface area contributed by atoms with Crippen LogP contribution in [0.5, 0.6) is 5.75 Å². The van der Waals surface area contributed by atoms with E-state index in [1.54, 1.807) is 16.8 Å². The van der Waals surface area contributed by atoms with Gasteiger partial charge in [0, 0.05) is 42.5 Å². The molecule has 0 unspecified atom stereocenters. The highest BCUT2D eigenvalue weighted by Crippen LogP contribution is 2.36. The molecule has 8 nitrogen and oxygen atoms in total.